The smallest absolute Gasteiger partial charge is 0.184 e. The third kappa shape index (κ3) is 2.34. The van der Waals surface area contributed by atoms with E-state index in [1.54, 1.807) is 19.4 Å². The van der Waals surface area contributed by atoms with Crippen LogP contribution in [0.3, 0.4) is 0 Å². The van der Waals surface area contributed by atoms with E-state index in [0.29, 0.717) is 9.79 Å². The maximum Gasteiger partial charge on any atom is 0.184 e. The van der Waals surface area contributed by atoms with Crippen LogP contribution in [0, 0.1) is 4.77 Å². The van der Waals surface area contributed by atoms with Gasteiger partial charge in [0.15, 0.2) is 10.4 Å². The Balaban J connectivity index is 2.32. The highest BCUT2D eigenvalue weighted by Gasteiger charge is 2.10. The molecule has 0 aliphatic rings. The topological polar surface area (TPSA) is 42.8 Å². The third-order valence-electron chi connectivity index (χ3n) is 2.84. The average Bonchev–Trinajstić information content (AvgIpc) is 2.72. The van der Waals surface area contributed by atoms with Gasteiger partial charge in [0.05, 0.1) is 23.3 Å². The highest BCUT2D eigenvalue weighted by atomic mass is 79.9. The van der Waals surface area contributed by atoms with E-state index >= 15 is 0 Å². The summed E-state index contributed by atoms with van der Waals surface area (Å²) in [6.07, 6.45) is 1.60. The zero-order valence-corrected chi connectivity index (χ0v) is 13.5. The standard InChI is InChI=1S/C13H9BrClN3OS/c1-19-10-3-7(14)2-9(5-10)18-12-11(17-13(18)20)4-8(15)6-16-12/h2-6H,1H3,(H,17,20). The van der Waals surface area contributed by atoms with Crippen LogP contribution in [0.1, 0.15) is 0 Å². The molecule has 0 bridgehead atoms. The Bertz CT molecular complexity index is 858. The van der Waals surface area contributed by atoms with Crippen LogP contribution in [-0.2, 0) is 0 Å². The van der Waals surface area contributed by atoms with Gasteiger partial charge in [-0.1, -0.05) is 27.5 Å². The van der Waals surface area contributed by atoms with Crippen molar-refractivity contribution in [3.63, 3.8) is 0 Å². The molecule has 3 rings (SSSR count). The molecule has 3 aromatic rings. The molecule has 0 saturated carbocycles. The van der Waals surface area contributed by atoms with E-state index in [1.807, 2.05) is 22.8 Å². The molecule has 0 fully saturated rings. The highest BCUT2D eigenvalue weighted by molar-refractivity contribution is 9.10. The number of rotatable bonds is 2. The molecule has 2 heterocycles. The Morgan fingerprint density at radius 3 is 2.90 bits per heavy atom. The van der Waals surface area contributed by atoms with Crippen LogP contribution in [-0.4, -0.2) is 21.6 Å². The first-order valence-corrected chi connectivity index (χ1v) is 7.27. The Hall–Kier alpha value is -1.37. The van der Waals surface area contributed by atoms with Gasteiger partial charge in [-0.25, -0.2) is 4.98 Å². The number of hydrogen-bond donors (Lipinski definition) is 1. The Labute approximate surface area is 133 Å². The van der Waals surface area contributed by atoms with E-state index in [9.17, 15) is 0 Å². The SMILES string of the molecule is COc1cc(Br)cc(-n2c(=S)[nH]c3cc(Cl)cnc32)c1. The van der Waals surface area contributed by atoms with Gasteiger partial charge in [0.2, 0.25) is 0 Å². The zero-order chi connectivity index (χ0) is 14.3. The summed E-state index contributed by atoms with van der Waals surface area (Å²) in [5, 5.41) is 0.563. The van der Waals surface area contributed by atoms with Gasteiger partial charge in [-0.15, -0.1) is 0 Å². The number of halogens is 2. The molecule has 0 atom stereocenters. The normalized spacial score (nSPS) is 10.9. The number of aromatic amines is 1. The molecule has 0 amide bonds. The van der Waals surface area contributed by atoms with Crippen molar-refractivity contribution in [2.45, 2.75) is 0 Å². The number of nitrogens with one attached hydrogen (secondary N) is 1. The van der Waals surface area contributed by atoms with Crippen molar-refractivity contribution in [1.82, 2.24) is 14.5 Å². The van der Waals surface area contributed by atoms with E-state index in [1.165, 1.54) is 0 Å². The van der Waals surface area contributed by atoms with Gasteiger partial charge < -0.3 is 9.72 Å². The highest BCUT2D eigenvalue weighted by Crippen LogP contribution is 2.27. The molecule has 0 unspecified atom stereocenters. The van der Waals surface area contributed by atoms with Crippen molar-refractivity contribution in [3.05, 3.63) is 44.7 Å². The Morgan fingerprint density at radius 1 is 1.35 bits per heavy atom. The molecule has 0 saturated heterocycles. The van der Waals surface area contributed by atoms with Gasteiger partial charge in [0.1, 0.15) is 5.75 Å². The molecule has 102 valence electrons. The summed E-state index contributed by atoms with van der Waals surface area (Å²) < 4.78 is 8.57. The average molecular weight is 371 g/mol. The van der Waals surface area contributed by atoms with Crippen molar-refractivity contribution in [1.29, 1.82) is 0 Å². The van der Waals surface area contributed by atoms with Crippen LogP contribution in [0.5, 0.6) is 5.75 Å². The maximum absolute atomic E-state index is 5.95. The van der Waals surface area contributed by atoms with E-state index in [4.69, 9.17) is 28.6 Å². The second-order valence-electron chi connectivity index (χ2n) is 4.14. The first-order valence-electron chi connectivity index (χ1n) is 5.70. The predicted molar refractivity (Wildman–Crippen MR) is 85.5 cm³/mol. The summed E-state index contributed by atoms with van der Waals surface area (Å²) in [7, 11) is 1.62. The number of benzene rings is 1. The fraction of sp³-hybridized carbons (Fsp3) is 0.0769. The van der Waals surface area contributed by atoms with Gasteiger partial charge in [-0.3, -0.25) is 4.57 Å². The van der Waals surface area contributed by atoms with Gasteiger partial charge in [-0.2, -0.15) is 0 Å². The van der Waals surface area contributed by atoms with Crippen molar-refractivity contribution < 1.29 is 4.74 Å². The third-order valence-corrected chi connectivity index (χ3v) is 3.79. The summed E-state index contributed by atoms with van der Waals surface area (Å²) in [5.74, 6) is 0.736. The molecule has 0 aliphatic heterocycles. The number of H-pyrrole nitrogens is 1. The molecular formula is C13H9BrClN3OS. The zero-order valence-electron chi connectivity index (χ0n) is 10.4. The minimum Gasteiger partial charge on any atom is -0.497 e. The Kier molecular flexibility index (Phi) is 3.54. The molecule has 1 aromatic carbocycles. The predicted octanol–water partition coefficient (Wildman–Crippen LogP) is 4.51. The number of ether oxygens (including phenoxy) is 1. The fourth-order valence-corrected chi connectivity index (χ4v) is 2.92. The minimum absolute atomic E-state index is 0.551. The molecule has 0 aliphatic carbocycles. The van der Waals surface area contributed by atoms with Crippen molar-refractivity contribution >= 4 is 50.9 Å². The lowest BCUT2D eigenvalue weighted by molar-refractivity contribution is 0.414. The molecule has 20 heavy (non-hydrogen) atoms. The van der Waals surface area contributed by atoms with Gasteiger partial charge >= 0.3 is 0 Å². The molecular weight excluding hydrogens is 362 g/mol. The molecule has 4 nitrogen and oxygen atoms in total. The van der Waals surface area contributed by atoms with E-state index in [0.717, 1.165) is 27.1 Å². The first kappa shape index (κ1) is 13.6. The van der Waals surface area contributed by atoms with Gasteiger partial charge in [-0.05, 0) is 30.4 Å². The molecule has 0 spiro atoms. The summed E-state index contributed by atoms with van der Waals surface area (Å²) in [5.41, 5.74) is 2.38. The fourth-order valence-electron chi connectivity index (χ4n) is 2.00. The minimum atomic E-state index is 0.551. The summed E-state index contributed by atoms with van der Waals surface area (Å²) in [4.78, 5) is 7.44. The van der Waals surface area contributed by atoms with Crippen molar-refractivity contribution in [2.24, 2.45) is 0 Å². The van der Waals surface area contributed by atoms with Crippen molar-refractivity contribution in [3.8, 4) is 11.4 Å². The lowest BCUT2D eigenvalue weighted by Gasteiger charge is -2.07. The number of aromatic nitrogens is 3. The van der Waals surface area contributed by atoms with Crippen LogP contribution in [0.2, 0.25) is 5.02 Å². The number of hydrogen-bond acceptors (Lipinski definition) is 3. The lowest BCUT2D eigenvalue weighted by Crippen LogP contribution is -1.96. The van der Waals surface area contributed by atoms with Crippen molar-refractivity contribution in [2.75, 3.05) is 7.11 Å². The quantitative estimate of drug-likeness (QED) is 0.675. The van der Waals surface area contributed by atoms with Crippen LogP contribution >= 0.6 is 39.7 Å². The number of imidazole rings is 1. The van der Waals surface area contributed by atoms with Gasteiger partial charge in [0, 0.05) is 16.7 Å². The van der Waals surface area contributed by atoms with E-state index < -0.39 is 0 Å². The van der Waals surface area contributed by atoms with Crippen LogP contribution < -0.4 is 4.74 Å². The van der Waals surface area contributed by atoms with Crippen LogP contribution in [0.25, 0.3) is 16.9 Å². The summed E-state index contributed by atoms with van der Waals surface area (Å²) in [6.45, 7) is 0. The number of pyridine rings is 1. The van der Waals surface area contributed by atoms with Crippen LogP contribution in [0.15, 0.2) is 34.9 Å². The summed E-state index contributed by atoms with van der Waals surface area (Å²) >= 11 is 14.8. The monoisotopic (exact) mass is 369 g/mol. The molecule has 2 aromatic heterocycles. The number of methoxy groups -OCH3 is 1. The van der Waals surface area contributed by atoms with Gasteiger partial charge in [0.25, 0.3) is 0 Å². The largest absolute Gasteiger partial charge is 0.497 e. The molecule has 0 radical (unpaired) electrons. The van der Waals surface area contributed by atoms with E-state index in [-0.39, 0.29) is 0 Å². The molecule has 7 heteroatoms. The second-order valence-corrected chi connectivity index (χ2v) is 5.88. The van der Waals surface area contributed by atoms with Crippen LogP contribution in [0.4, 0.5) is 0 Å². The maximum atomic E-state index is 5.95. The lowest BCUT2D eigenvalue weighted by atomic mass is 10.3. The second kappa shape index (κ2) is 5.20. The Morgan fingerprint density at radius 2 is 2.15 bits per heavy atom. The molecule has 1 N–H and O–H groups in total. The number of nitrogens with zero attached hydrogens (tertiary/aromatic N) is 2. The number of fused-ring (bicyclic) bond motifs is 1. The van der Waals surface area contributed by atoms with E-state index in [2.05, 4.69) is 25.9 Å². The first-order chi connectivity index (χ1) is 9.58. The summed E-state index contributed by atoms with van der Waals surface area (Å²) in [6, 6.07) is 7.52.